The first kappa shape index (κ1) is 13.2. The number of benzene rings is 2. The lowest BCUT2D eigenvalue weighted by molar-refractivity contribution is 0.478. The Bertz CT molecular complexity index is 531. The Morgan fingerprint density at radius 2 is 1.94 bits per heavy atom. The van der Waals surface area contributed by atoms with E-state index in [0.717, 1.165) is 20.6 Å². The molecule has 1 nitrogen and oxygen atoms in total. The molecule has 2 rings (SSSR count). The lowest BCUT2D eigenvalue weighted by Gasteiger charge is -2.11. The Labute approximate surface area is 127 Å². The molecule has 0 amide bonds. The van der Waals surface area contributed by atoms with Crippen LogP contribution in [0.2, 0.25) is 5.02 Å². The van der Waals surface area contributed by atoms with Crippen molar-refractivity contribution in [2.24, 2.45) is 0 Å². The van der Waals surface area contributed by atoms with Gasteiger partial charge in [-0.15, -0.1) is 0 Å². The van der Waals surface area contributed by atoms with E-state index in [1.165, 1.54) is 0 Å². The molecule has 0 saturated carbocycles. The Hall–Kier alpha value is -0.260. The summed E-state index contributed by atoms with van der Waals surface area (Å²) in [7, 11) is 0. The van der Waals surface area contributed by atoms with E-state index in [9.17, 15) is 0 Å². The highest BCUT2D eigenvalue weighted by Crippen LogP contribution is 2.32. The van der Waals surface area contributed by atoms with Gasteiger partial charge in [0.25, 0.3) is 0 Å². The molecular formula is C13H9BrClIO. The van der Waals surface area contributed by atoms with Gasteiger partial charge in [0.1, 0.15) is 11.5 Å². The van der Waals surface area contributed by atoms with Crippen LogP contribution in [-0.2, 0) is 5.33 Å². The fraction of sp³-hybridized carbons (Fsp3) is 0.0769. The third-order valence-corrected chi connectivity index (χ3v) is 3.82. The van der Waals surface area contributed by atoms with E-state index in [1.807, 2.05) is 42.5 Å². The highest BCUT2D eigenvalue weighted by Gasteiger charge is 2.07. The summed E-state index contributed by atoms with van der Waals surface area (Å²) in [5, 5.41) is 1.39. The number of halogens is 3. The average Bonchev–Trinajstić information content (AvgIpc) is 2.29. The molecule has 0 unspecified atom stereocenters. The SMILES string of the molecule is Clc1cccc(Oc2cccc(I)c2)c1CBr. The van der Waals surface area contributed by atoms with Gasteiger partial charge in [-0.25, -0.2) is 0 Å². The summed E-state index contributed by atoms with van der Waals surface area (Å²) in [6.45, 7) is 0. The van der Waals surface area contributed by atoms with E-state index in [0.29, 0.717) is 10.4 Å². The molecule has 17 heavy (non-hydrogen) atoms. The van der Waals surface area contributed by atoms with Crippen molar-refractivity contribution in [3.63, 3.8) is 0 Å². The number of ether oxygens (including phenoxy) is 1. The van der Waals surface area contributed by atoms with Crippen LogP contribution in [0.5, 0.6) is 11.5 Å². The van der Waals surface area contributed by atoms with E-state index in [1.54, 1.807) is 0 Å². The predicted molar refractivity (Wildman–Crippen MR) is 83.3 cm³/mol. The van der Waals surface area contributed by atoms with Crippen molar-refractivity contribution in [3.8, 4) is 11.5 Å². The van der Waals surface area contributed by atoms with Crippen LogP contribution in [0.15, 0.2) is 42.5 Å². The van der Waals surface area contributed by atoms with Gasteiger partial charge in [0, 0.05) is 19.5 Å². The monoisotopic (exact) mass is 422 g/mol. The summed E-state index contributed by atoms with van der Waals surface area (Å²) in [6, 6.07) is 13.6. The fourth-order valence-corrected chi connectivity index (χ4v) is 2.91. The molecule has 2 aromatic rings. The van der Waals surface area contributed by atoms with E-state index in [4.69, 9.17) is 16.3 Å². The molecule has 0 fully saturated rings. The summed E-state index contributed by atoms with van der Waals surface area (Å²) in [6.07, 6.45) is 0. The van der Waals surface area contributed by atoms with Gasteiger partial charge in [-0.05, 0) is 52.9 Å². The minimum absolute atomic E-state index is 0.673. The van der Waals surface area contributed by atoms with E-state index >= 15 is 0 Å². The second-order valence-corrected chi connectivity index (χ2v) is 5.62. The van der Waals surface area contributed by atoms with Gasteiger partial charge in [-0.1, -0.05) is 39.7 Å². The molecule has 2 aromatic carbocycles. The Morgan fingerprint density at radius 1 is 1.18 bits per heavy atom. The first-order valence-corrected chi connectivity index (χ1v) is 7.55. The molecule has 4 heteroatoms. The van der Waals surface area contributed by atoms with Gasteiger partial charge in [-0.3, -0.25) is 0 Å². The summed E-state index contributed by atoms with van der Waals surface area (Å²) in [5.41, 5.74) is 0.966. The maximum Gasteiger partial charge on any atom is 0.132 e. The van der Waals surface area contributed by atoms with Gasteiger partial charge >= 0.3 is 0 Å². The zero-order valence-corrected chi connectivity index (χ0v) is 13.3. The number of hydrogen-bond acceptors (Lipinski definition) is 1. The highest BCUT2D eigenvalue weighted by molar-refractivity contribution is 14.1. The third-order valence-electron chi connectivity index (χ3n) is 2.23. The second-order valence-electron chi connectivity index (χ2n) is 3.41. The van der Waals surface area contributed by atoms with E-state index in [-0.39, 0.29) is 0 Å². The van der Waals surface area contributed by atoms with Crippen LogP contribution in [-0.4, -0.2) is 0 Å². The summed E-state index contributed by atoms with van der Waals surface area (Å²) < 4.78 is 6.98. The highest BCUT2D eigenvalue weighted by atomic mass is 127. The lowest BCUT2D eigenvalue weighted by Crippen LogP contribution is -1.90. The van der Waals surface area contributed by atoms with Crippen molar-refractivity contribution in [3.05, 3.63) is 56.6 Å². The predicted octanol–water partition coefficient (Wildman–Crippen LogP) is 5.63. The van der Waals surface area contributed by atoms with Gasteiger partial charge in [-0.2, -0.15) is 0 Å². The first-order chi connectivity index (χ1) is 8.20. The van der Waals surface area contributed by atoms with Gasteiger partial charge in [0.05, 0.1) is 0 Å². The molecule has 0 aliphatic carbocycles. The first-order valence-electron chi connectivity index (χ1n) is 4.97. The Kier molecular flexibility index (Phi) is 4.70. The normalized spacial score (nSPS) is 10.3. The van der Waals surface area contributed by atoms with Crippen molar-refractivity contribution in [1.82, 2.24) is 0 Å². The van der Waals surface area contributed by atoms with Crippen LogP contribution >= 0.6 is 50.1 Å². The Balaban J connectivity index is 2.33. The fourth-order valence-electron chi connectivity index (χ4n) is 1.42. The molecule has 0 N–H and O–H groups in total. The van der Waals surface area contributed by atoms with Crippen molar-refractivity contribution < 1.29 is 4.74 Å². The zero-order valence-electron chi connectivity index (χ0n) is 8.79. The summed E-state index contributed by atoms with van der Waals surface area (Å²) >= 11 is 11.8. The number of hydrogen-bond donors (Lipinski definition) is 0. The van der Waals surface area contributed by atoms with E-state index < -0.39 is 0 Å². The minimum atomic E-state index is 0.673. The molecule has 0 aliphatic heterocycles. The maximum absolute atomic E-state index is 6.12. The maximum atomic E-state index is 6.12. The molecule has 0 saturated heterocycles. The molecular weight excluding hydrogens is 414 g/mol. The molecule has 0 atom stereocenters. The minimum Gasteiger partial charge on any atom is -0.457 e. The van der Waals surface area contributed by atoms with Crippen LogP contribution in [0.3, 0.4) is 0 Å². The van der Waals surface area contributed by atoms with Gasteiger partial charge < -0.3 is 4.74 Å². The topological polar surface area (TPSA) is 9.23 Å². The molecule has 0 heterocycles. The summed E-state index contributed by atoms with van der Waals surface area (Å²) in [5.74, 6) is 1.61. The average molecular weight is 423 g/mol. The largest absolute Gasteiger partial charge is 0.457 e. The Morgan fingerprint density at radius 3 is 2.65 bits per heavy atom. The van der Waals surface area contributed by atoms with E-state index in [2.05, 4.69) is 38.5 Å². The van der Waals surface area contributed by atoms with Crippen molar-refractivity contribution in [1.29, 1.82) is 0 Å². The molecule has 0 radical (unpaired) electrons. The molecule has 88 valence electrons. The van der Waals surface area contributed by atoms with Crippen LogP contribution in [0.1, 0.15) is 5.56 Å². The smallest absolute Gasteiger partial charge is 0.132 e. The molecule has 0 aliphatic rings. The van der Waals surface area contributed by atoms with Crippen LogP contribution in [0.25, 0.3) is 0 Å². The third kappa shape index (κ3) is 3.36. The van der Waals surface area contributed by atoms with Crippen LogP contribution in [0, 0.1) is 3.57 Å². The zero-order chi connectivity index (χ0) is 12.3. The van der Waals surface area contributed by atoms with Gasteiger partial charge in [0.15, 0.2) is 0 Å². The molecule has 0 spiro atoms. The standard InChI is InChI=1S/C13H9BrClIO/c14-8-11-12(15)5-2-6-13(11)17-10-4-1-3-9(16)7-10/h1-7H,8H2. The number of alkyl halides is 1. The van der Waals surface area contributed by atoms with Crippen LogP contribution < -0.4 is 4.74 Å². The van der Waals surface area contributed by atoms with Crippen molar-refractivity contribution in [2.45, 2.75) is 5.33 Å². The molecule has 0 aromatic heterocycles. The lowest BCUT2D eigenvalue weighted by atomic mass is 10.2. The summed E-state index contributed by atoms with van der Waals surface area (Å²) in [4.78, 5) is 0. The number of rotatable bonds is 3. The van der Waals surface area contributed by atoms with Crippen LogP contribution in [0.4, 0.5) is 0 Å². The quantitative estimate of drug-likeness (QED) is 0.459. The van der Waals surface area contributed by atoms with Crippen molar-refractivity contribution in [2.75, 3.05) is 0 Å². The van der Waals surface area contributed by atoms with Crippen molar-refractivity contribution >= 4 is 50.1 Å². The second kappa shape index (κ2) is 6.07. The molecule has 0 bridgehead atoms. The van der Waals surface area contributed by atoms with Gasteiger partial charge in [0.2, 0.25) is 0 Å².